The number of alkyl halides is 3. The molecule has 3 rings (SSSR count). The molecule has 0 bridgehead atoms. The molecule has 0 unspecified atom stereocenters. The van der Waals surface area contributed by atoms with E-state index in [2.05, 4.69) is 0 Å². The van der Waals surface area contributed by atoms with E-state index in [0.717, 1.165) is 10.8 Å². The monoisotopic (exact) mass is 337 g/mol. The van der Waals surface area contributed by atoms with Crippen LogP contribution in [0.1, 0.15) is 23.2 Å². The molecule has 2 aromatic carbocycles. The lowest BCUT2D eigenvalue weighted by Crippen LogP contribution is -2.44. The van der Waals surface area contributed by atoms with E-state index in [9.17, 15) is 18.0 Å². The zero-order valence-electron chi connectivity index (χ0n) is 13.3. The fraction of sp³-hybridized carbons (Fsp3) is 0.389. The number of amides is 1. The standard InChI is InChI=1S/C18H18F3NO2/c1-24-16-10-13-6-3-2-5-12(13)9-15(16)17(23)22-8-4-7-14(11-22)18(19,20)21/h2-3,5-6,9-10,14H,4,7-8,11H2,1H3/t14-/m0/s1. The Labute approximate surface area is 138 Å². The van der Waals surface area contributed by atoms with Crippen molar-refractivity contribution in [2.75, 3.05) is 20.2 Å². The molecule has 1 heterocycles. The van der Waals surface area contributed by atoms with Crippen LogP contribution in [0.5, 0.6) is 5.75 Å². The molecule has 0 saturated carbocycles. The van der Waals surface area contributed by atoms with Gasteiger partial charge in [-0.1, -0.05) is 24.3 Å². The predicted octanol–water partition coefficient (Wildman–Crippen LogP) is 4.26. The number of halogens is 3. The summed E-state index contributed by atoms with van der Waals surface area (Å²) in [6, 6.07) is 10.9. The number of piperidine rings is 1. The molecule has 128 valence electrons. The van der Waals surface area contributed by atoms with Gasteiger partial charge in [0.2, 0.25) is 0 Å². The van der Waals surface area contributed by atoms with Gasteiger partial charge in [0.15, 0.2) is 0 Å². The van der Waals surface area contributed by atoms with Gasteiger partial charge in [0.1, 0.15) is 5.75 Å². The molecule has 1 aliphatic rings. The lowest BCUT2D eigenvalue weighted by Gasteiger charge is -2.34. The molecular weight excluding hydrogens is 319 g/mol. The summed E-state index contributed by atoms with van der Waals surface area (Å²) in [6.07, 6.45) is -3.85. The van der Waals surface area contributed by atoms with E-state index in [1.54, 1.807) is 12.1 Å². The van der Waals surface area contributed by atoms with Gasteiger partial charge in [-0.05, 0) is 35.7 Å². The molecule has 1 amide bonds. The largest absolute Gasteiger partial charge is 0.496 e. The Hall–Kier alpha value is -2.24. The molecule has 0 radical (unpaired) electrons. The van der Waals surface area contributed by atoms with Gasteiger partial charge in [-0.2, -0.15) is 13.2 Å². The van der Waals surface area contributed by atoms with Crippen molar-refractivity contribution in [2.45, 2.75) is 19.0 Å². The van der Waals surface area contributed by atoms with Crippen molar-refractivity contribution in [1.82, 2.24) is 4.90 Å². The van der Waals surface area contributed by atoms with E-state index >= 15 is 0 Å². The summed E-state index contributed by atoms with van der Waals surface area (Å²) < 4.78 is 44.2. The quantitative estimate of drug-likeness (QED) is 0.819. The molecule has 24 heavy (non-hydrogen) atoms. The van der Waals surface area contributed by atoms with Crippen molar-refractivity contribution in [2.24, 2.45) is 5.92 Å². The van der Waals surface area contributed by atoms with Gasteiger partial charge in [-0.3, -0.25) is 4.79 Å². The van der Waals surface area contributed by atoms with Crippen LogP contribution in [0.2, 0.25) is 0 Å². The Morgan fingerprint density at radius 1 is 1.21 bits per heavy atom. The third-order valence-electron chi connectivity index (χ3n) is 4.47. The first kappa shape index (κ1) is 16.6. The molecule has 0 aliphatic carbocycles. The second-order valence-electron chi connectivity index (χ2n) is 6.03. The normalized spacial score (nSPS) is 18.7. The number of rotatable bonds is 2. The minimum atomic E-state index is -4.27. The number of benzene rings is 2. The van der Waals surface area contributed by atoms with Crippen LogP contribution in [0.3, 0.4) is 0 Å². The van der Waals surface area contributed by atoms with Crippen molar-refractivity contribution in [1.29, 1.82) is 0 Å². The number of methoxy groups -OCH3 is 1. The SMILES string of the molecule is COc1cc2ccccc2cc1C(=O)N1CCC[C@H](C(F)(F)F)C1. The summed E-state index contributed by atoms with van der Waals surface area (Å²) in [4.78, 5) is 14.1. The zero-order chi connectivity index (χ0) is 17.3. The smallest absolute Gasteiger partial charge is 0.393 e. The molecule has 1 fully saturated rings. The molecule has 0 N–H and O–H groups in total. The topological polar surface area (TPSA) is 29.5 Å². The number of likely N-dealkylation sites (tertiary alicyclic amines) is 1. The van der Waals surface area contributed by atoms with Crippen LogP contribution in [0, 0.1) is 5.92 Å². The third-order valence-corrected chi connectivity index (χ3v) is 4.47. The van der Waals surface area contributed by atoms with E-state index in [1.807, 2.05) is 24.3 Å². The Balaban J connectivity index is 1.93. The second-order valence-corrected chi connectivity index (χ2v) is 6.03. The van der Waals surface area contributed by atoms with Crippen molar-refractivity contribution in [3.05, 3.63) is 42.0 Å². The predicted molar refractivity (Wildman–Crippen MR) is 85.2 cm³/mol. The Kier molecular flexibility index (Phi) is 4.39. The van der Waals surface area contributed by atoms with Gasteiger partial charge in [0, 0.05) is 13.1 Å². The van der Waals surface area contributed by atoms with Gasteiger partial charge in [0.25, 0.3) is 5.91 Å². The average Bonchev–Trinajstić information content (AvgIpc) is 2.59. The van der Waals surface area contributed by atoms with E-state index in [1.165, 1.54) is 12.0 Å². The summed E-state index contributed by atoms with van der Waals surface area (Å²) in [5, 5.41) is 1.77. The van der Waals surface area contributed by atoms with E-state index in [4.69, 9.17) is 4.74 Å². The van der Waals surface area contributed by atoms with Crippen LogP contribution < -0.4 is 4.74 Å². The van der Waals surface area contributed by atoms with Crippen LogP contribution >= 0.6 is 0 Å². The summed E-state index contributed by atoms with van der Waals surface area (Å²) in [5.74, 6) is -1.49. The first-order valence-corrected chi connectivity index (χ1v) is 7.83. The van der Waals surface area contributed by atoms with Crippen LogP contribution in [0.25, 0.3) is 10.8 Å². The maximum absolute atomic E-state index is 13.0. The molecule has 3 nitrogen and oxygen atoms in total. The van der Waals surface area contributed by atoms with Crippen molar-refractivity contribution < 1.29 is 22.7 Å². The number of carbonyl (C=O) groups is 1. The Morgan fingerprint density at radius 2 is 1.88 bits per heavy atom. The van der Waals surface area contributed by atoms with Crippen LogP contribution in [0.4, 0.5) is 13.2 Å². The van der Waals surface area contributed by atoms with Crippen LogP contribution in [-0.4, -0.2) is 37.2 Å². The molecule has 1 saturated heterocycles. The summed E-state index contributed by atoms with van der Waals surface area (Å²) in [7, 11) is 1.45. The highest BCUT2D eigenvalue weighted by Gasteiger charge is 2.43. The lowest BCUT2D eigenvalue weighted by molar-refractivity contribution is -0.184. The van der Waals surface area contributed by atoms with Gasteiger partial charge < -0.3 is 9.64 Å². The Bertz CT molecular complexity index is 758. The third kappa shape index (κ3) is 3.18. The highest BCUT2D eigenvalue weighted by Crippen LogP contribution is 2.34. The highest BCUT2D eigenvalue weighted by molar-refractivity contribution is 6.01. The first-order valence-electron chi connectivity index (χ1n) is 7.83. The Morgan fingerprint density at radius 3 is 2.50 bits per heavy atom. The molecular formula is C18H18F3NO2. The van der Waals surface area contributed by atoms with Crippen molar-refractivity contribution >= 4 is 16.7 Å². The lowest BCUT2D eigenvalue weighted by atomic mass is 9.96. The minimum Gasteiger partial charge on any atom is -0.496 e. The number of nitrogens with zero attached hydrogens (tertiary/aromatic N) is 1. The molecule has 0 spiro atoms. The van der Waals surface area contributed by atoms with Crippen LogP contribution in [-0.2, 0) is 0 Å². The molecule has 1 aliphatic heterocycles. The van der Waals surface area contributed by atoms with Crippen molar-refractivity contribution in [3.63, 3.8) is 0 Å². The van der Waals surface area contributed by atoms with Gasteiger partial charge in [-0.15, -0.1) is 0 Å². The van der Waals surface area contributed by atoms with Crippen LogP contribution in [0.15, 0.2) is 36.4 Å². The number of ether oxygens (including phenoxy) is 1. The number of carbonyl (C=O) groups excluding carboxylic acids is 1. The first-order chi connectivity index (χ1) is 11.4. The van der Waals surface area contributed by atoms with E-state index in [-0.39, 0.29) is 13.0 Å². The van der Waals surface area contributed by atoms with Gasteiger partial charge in [-0.25, -0.2) is 0 Å². The number of hydrogen-bond acceptors (Lipinski definition) is 2. The summed E-state index contributed by atoms with van der Waals surface area (Å²) in [5.41, 5.74) is 0.305. The molecule has 6 heteroatoms. The fourth-order valence-electron chi connectivity index (χ4n) is 3.15. The molecule has 0 aromatic heterocycles. The fourth-order valence-corrected chi connectivity index (χ4v) is 3.15. The summed E-state index contributed by atoms with van der Waals surface area (Å²) in [6.45, 7) is 0.0414. The zero-order valence-corrected chi connectivity index (χ0v) is 13.3. The minimum absolute atomic E-state index is 0.0716. The van der Waals surface area contributed by atoms with E-state index < -0.39 is 18.0 Å². The maximum Gasteiger partial charge on any atom is 0.393 e. The maximum atomic E-state index is 13.0. The number of hydrogen-bond donors (Lipinski definition) is 0. The summed E-state index contributed by atoms with van der Waals surface area (Å²) >= 11 is 0. The van der Waals surface area contributed by atoms with Gasteiger partial charge >= 0.3 is 6.18 Å². The second kappa shape index (κ2) is 6.34. The number of fused-ring (bicyclic) bond motifs is 1. The average molecular weight is 337 g/mol. The molecule has 2 aromatic rings. The van der Waals surface area contributed by atoms with Crippen molar-refractivity contribution in [3.8, 4) is 5.75 Å². The van der Waals surface area contributed by atoms with E-state index in [0.29, 0.717) is 24.3 Å². The molecule has 1 atom stereocenters. The highest BCUT2D eigenvalue weighted by atomic mass is 19.4. The van der Waals surface area contributed by atoms with Gasteiger partial charge in [0.05, 0.1) is 18.6 Å².